The number of hydrogen-bond acceptors (Lipinski definition) is 7. The zero-order valence-corrected chi connectivity index (χ0v) is 22.3. The highest BCUT2D eigenvalue weighted by atomic mass is 79.9. The second kappa shape index (κ2) is 12.2. The molecule has 3 N–H and O–H groups in total. The van der Waals surface area contributed by atoms with Gasteiger partial charge in [0.05, 0.1) is 34.9 Å². The van der Waals surface area contributed by atoms with Crippen LogP contribution in [0.1, 0.15) is 36.4 Å². The van der Waals surface area contributed by atoms with Crippen molar-refractivity contribution in [2.75, 3.05) is 19.1 Å². The van der Waals surface area contributed by atoms with Crippen molar-refractivity contribution in [1.29, 1.82) is 0 Å². The van der Waals surface area contributed by atoms with Crippen LogP contribution < -0.4 is 9.47 Å². The molecule has 3 rings (SSSR count). The van der Waals surface area contributed by atoms with Gasteiger partial charge in [-0.3, -0.25) is 0 Å². The Kier molecular flexibility index (Phi) is 9.54. The first kappa shape index (κ1) is 27.4. The summed E-state index contributed by atoms with van der Waals surface area (Å²) in [5, 5.41) is 37.2. The Hall–Kier alpha value is -2.17. The maximum Gasteiger partial charge on any atom is 0.133 e. The van der Waals surface area contributed by atoms with Gasteiger partial charge in [0.2, 0.25) is 0 Å². The molecular formula is C25H31BrClN3O5. The van der Waals surface area contributed by atoms with Gasteiger partial charge in [-0.15, -0.1) is 16.7 Å². The van der Waals surface area contributed by atoms with Gasteiger partial charge >= 0.3 is 0 Å². The van der Waals surface area contributed by atoms with Crippen molar-refractivity contribution < 1.29 is 24.8 Å². The monoisotopic (exact) mass is 567 g/mol. The molecule has 0 fully saturated rings. The van der Waals surface area contributed by atoms with Crippen molar-refractivity contribution in [3.63, 3.8) is 0 Å². The summed E-state index contributed by atoms with van der Waals surface area (Å²) in [6.45, 7) is 6.22. The molecule has 0 unspecified atom stereocenters. The molecule has 35 heavy (non-hydrogen) atoms. The van der Waals surface area contributed by atoms with E-state index in [0.29, 0.717) is 22.9 Å². The predicted molar refractivity (Wildman–Crippen MR) is 137 cm³/mol. The number of nitrogens with zero attached hydrogens (tertiary/aromatic N) is 3. The predicted octanol–water partition coefficient (Wildman–Crippen LogP) is 3.59. The number of alkyl halides is 1. The first-order chi connectivity index (χ1) is 16.6. The van der Waals surface area contributed by atoms with E-state index in [1.54, 1.807) is 6.92 Å². The van der Waals surface area contributed by atoms with Gasteiger partial charge in [0, 0.05) is 5.41 Å². The molecule has 0 aliphatic rings. The average molecular weight is 569 g/mol. The topological polar surface area (TPSA) is 110 Å². The van der Waals surface area contributed by atoms with Crippen LogP contribution in [-0.2, 0) is 18.6 Å². The third kappa shape index (κ3) is 6.95. The highest BCUT2D eigenvalue weighted by Crippen LogP contribution is 2.36. The van der Waals surface area contributed by atoms with Crippen molar-refractivity contribution in [1.82, 2.24) is 15.0 Å². The summed E-state index contributed by atoms with van der Waals surface area (Å²) >= 11 is 9.18. The molecule has 0 saturated heterocycles. The molecule has 0 amide bonds. The Morgan fingerprint density at radius 1 is 1.03 bits per heavy atom. The van der Waals surface area contributed by atoms with Crippen LogP contribution in [0.2, 0.25) is 0 Å². The van der Waals surface area contributed by atoms with Crippen molar-refractivity contribution in [2.45, 2.75) is 51.5 Å². The van der Waals surface area contributed by atoms with Crippen LogP contribution in [0.3, 0.4) is 0 Å². The second-order valence-electron chi connectivity index (χ2n) is 8.84. The summed E-state index contributed by atoms with van der Waals surface area (Å²) < 4.78 is 13.7. The number of aryl methyl sites for hydroxylation is 1. The van der Waals surface area contributed by atoms with Gasteiger partial charge in [0.15, 0.2) is 0 Å². The molecule has 0 radical (unpaired) electrons. The molecule has 1 heterocycles. The highest BCUT2D eigenvalue weighted by molar-refractivity contribution is 9.10. The van der Waals surface area contributed by atoms with Crippen molar-refractivity contribution in [3.05, 3.63) is 69.5 Å². The zero-order chi connectivity index (χ0) is 25.6. The summed E-state index contributed by atoms with van der Waals surface area (Å²) in [5.74, 6) is 1.40. The molecule has 0 aliphatic heterocycles. The fourth-order valence-electron chi connectivity index (χ4n) is 3.58. The average Bonchev–Trinajstić information content (AvgIpc) is 3.20. The molecule has 0 spiro atoms. The van der Waals surface area contributed by atoms with Crippen molar-refractivity contribution in [2.24, 2.45) is 0 Å². The smallest absolute Gasteiger partial charge is 0.133 e. The van der Waals surface area contributed by atoms with Gasteiger partial charge in [-0.05, 0) is 58.2 Å². The third-order valence-electron chi connectivity index (χ3n) is 5.85. The van der Waals surface area contributed by atoms with Crippen LogP contribution in [0.5, 0.6) is 11.5 Å². The lowest BCUT2D eigenvalue weighted by atomic mass is 9.78. The molecule has 8 nitrogen and oxygen atoms in total. The third-order valence-corrected chi connectivity index (χ3v) is 6.82. The number of aliphatic hydroxyl groups excluding tert-OH is 3. The molecule has 2 aromatic carbocycles. The van der Waals surface area contributed by atoms with E-state index < -0.39 is 12.2 Å². The molecule has 190 valence electrons. The van der Waals surface area contributed by atoms with E-state index in [2.05, 4.69) is 40.1 Å². The van der Waals surface area contributed by atoms with E-state index in [4.69, 9.17) is 21.1 Å². The normalized spacial score (nSPS) is 13.5. The maximum absolute atomic E-state index is 10.3. The number of hydrogen-bond donors (Lipinski definition) is 3. The molecule has 1 aromatic heterocycles. The lowest BCUT2D eigenvalue weighted by Gasteiger charge is -2.27. The van der Waals surface area contributed by atoms with Crippen LogP contribution in [0.4, 0.5) is 0 Å². The van der Waals surface area contributed by atoms with Crippen LogP contribution in [0.25, 0.3) is 0 Å². The fourth-order valence-corrected chi connectivity index (χ4v) is 4.16. The summed E-state index contributed by atoms with van der Waals surface area (Å²) in [7, 11) is 0. The number of rotatable bonds is 12. The summed E-state index contributed by atoms with van der Waals surface area (Å²) in [5.41, 5.74) is 3.10. The van der Waals surface area contributed by atoms with Gasteiger partial charge in [0.25, 0.3) is 0 Å². The molecule has 3 aromatic rings. The summed E-state index contributed by atoms with van der Waals surface area (Å²) in [4.78, 5) is 0. The van der Waals surface area contributed by atoms with Gasteiger partial charge < -0.3 is 24.8 Å². The minimum atomic E-state index is -0.804. The molecule has 0 bridgehead atoms. The molecule has 0 aliphatic carbocycles. The van der Waals surface area contributed by atoms with E-state index in [9.17, 15) is 15.3 Å². The lowest BCUT2D eigenvalue weighted by Crippen LogP contribution is -2.25. The number of halogens is 2. The Bertz CT molecular complexity index is 1110. The Labute approximate surface area is 218 Å². The van der Waals surface area contributed by atoms with Crippen LogP contribution in [-0.4, -0.2) is 61.6 Å². The number of benzene rings is 2. The maximum atomic E-state index is 10.3. The van der Waals surface area contributed by atoms with Crippen LogP contribution in [0.15, 0.2) is 46.9 Å². The van der Waals surface area contributed by atoms with E-state index >= 15 is 0 Å². The Balaban J connectivity index is 1.61. The van der Waals surface area contributed by atoms with E-state index in [1.807, 2.05) is 42.5 Å². The molecular weight excluding hydrogens is 538 g/mol. The van der Waals surface area contributed by atoms with E-state index in [0.717, 1.165) is 15.6 Å². The Morgan fingerprint density at radius 2 is 1.69 bits per heavy atom. The molecule has 2 atom stereocenters. The van der Waals surface area contributed by atoms with Crippen LogP contribution >= 0.6 is 27.5 Å². The zero-order valence-electron chi connectivity index (χ0n) is 20.0. The quantitative estimate of drug-likeness (QED) is 0.287. The number of aromatic nitrogens is 3. The standard InChI is InChI=1S/C25H31BrClN3O5/c1-16-23(13-31)30(29-28-16)12-20(33)15-34-21-7-4-17(5-8-21)25(2,3)18-6-9-24(22(26)10-18)35-14-19(32)11-27/h4-10,19-20,31-33H,11-15H2,1-3H3/t19-,20-/m1/s1. The molecule has 0 saturated carbocycles. The largest absolute Gasteiger partial charge is 0.491 e. The fraction of sp³-hybridized carbons (Fsp3) is 0.440. The summed E-state index contributed by atoms with van der Waals surface area (Å²) in [6, 6.07) is 13.6. The molecule has 10 heteroatoms. The van der Waals surface area contributed by atoms with Gasteiger partial charge in [-0.2, -0.15) is 0 Å². The van der Waals surface area contributed by atoms with Gasteiger partial charge in [-0.25, -0.2) is 4.68 Å². The lowest BCUT2D eigenvalue weighted by molar-refractivity contribution is 0.0866. The first-order valence-electron chi connectivity index (χ1n) is 11.2. The van der Waals surface area contributed by atoms with E-state index in [-0.39, 0.29) is 37.7 Å². The number of ether oxygens (including phenoxy) is 2. The first-order valence-corrected chi connectivity index (χ1v) is 12.6. The second-order valence-corrected chi connectivity index (χ2v) is 10.0. The number of aliphatic hydroxyl groups is 3. The summed E-state index contributed by atoms with van der Waals surface area (Å²) in [6.07, 6.45) is -1.52. The van der Waals surface area contributed by atoms with E-state index in [1.165, 1.54) is 4.68 Å². The minimum absolute atomic E-state index is 0.0827. The van der Waals surface area contributed by atoms with Crippen molar-refractivity contribution in [3.8, 4) is 11.5 Å². The SMILES string of the molecule is Cc1nnn(C[C@@H](O)COc2ccc(C(C)(C)c3ccc(OC[C@H](O)CCl)c(Br)c3)cc2)c1CO. The van der Waals surface area contributed by atoms with Crippen LogP contribution in [0, 0.1) is 6.92 Å². The highest BCUT2D eigenvalue weighted by Gasteiger charge is 2.24. The Morgan fingerprint density at radius 3 is 2.31 bits per heavy atom. The van der Waals surface area contributed by atoms with Crippen molar-refractivity contribution >= 4 is 27.5 Å². The van der Waals surface area contributed by atoms with Gasteiger partial charge in [0.1, 0.15) is 36.9 Å². The van der Waals surface area contributed by atoms with Gasteiger partial charge in [-0.1, -0.05) is 37.3 Å². The minimum Gasteiger partial charge on any atom is -0.491 e.